The third-order valence-electron chi connectivity index (χ3n) is 12.5. The molecule has 13 heteroatoms. The van der Waals surface area contributed by atoms with Crippen LogP contribution in [-0.2, 0) is 71.0 Å². The lowest BCUT2D eigenvalue weighted by molar-refractivity contribution is -0.108. The summed E-state index contributed by atoms with van der Waals surface area (Å²) in [4.78, 5) is 46.6. The maximum atomic E-state index is 12.4. The lowest BCUT2D eigenvalue weighted by atomic mass is 9.99. The molecule has 2 aliphatic heterocycles. The smallest absolute Gasteiger partial charge is 0.332 e. The van der Waals surface area contributed by atoms with Crippen molar-refractivity contribution in [1.29, 1.82) is 0 Å². The van der Waals surface area contributed by atoms with Crippen molar-refractivity contribution in [2.75, 3.05) is 56.3 Å². The lowest BCUT2D eigenvalue weighted by Crippen LogP contribution is -2.43. The molecule has 0 radical (unpaired) electrons. The minimum Gasteiger partial charge on any atom is -0.341 e. The molecule has 6 aliphatic rings. The predicted octanol–water partition coefficient (Wildman–Crippen LogP) is 7.86. The van der Waals surface area contributed by atoms with Gasteiger partial charge in [0.05, 0.1) is 0 Å². The Morgan fingerprint density at radius 1 is 0.672 bits per heavy atom. The van der Waals surface area contributed by atoms with Crippen LogP contribution in [0, 0.1) is 5.92 Å². The van der Waals surface area contributed by atoms with Gasteiger partial charge in [-0.25, -0.2) is 22.7 Å². The van der Waals surface area contributed by atoms with E-state index in [9.17, 15) is 22.8 Å². The SMILES string of the molecule is C=O.CC(CCC=O)CN1CCCCC1.CNC(=O)Nc1c2c(cc3c1CCC3)CCC2.O=C(Nc1c2c(cc3c1CCC3)CCC2)NS(=O)(=O)CN1CCCCC1.[HH].[HH].[HH].[HH]. The molecule has 2 heterocycles. The molecular weight excluding hydrogens is 753 g/mol. The number of anilines is 2. The Bertz CT molecular complexity index is 1780. The van der Waals surface area contributed by atoms with Gasteiger partial charge in [0.25, 0.3) is 0 Å². The first-order valence-electron chi connectivity index (χ1n) is 21.9. The normalized spacial score (nSPS) is 18.6. The van der Waals surface area contributed by atoms with E-state index < -0.39 is 16.1 Å². The predicted molar refractivity (Wildman–Crippen MR) is 241 cm³/mol. The van der Waals surface area contributed by atoms with E-state index in [2.05, 4.69) is 44.6 Å². The molecule has 4 aliphatic carbocycles. The van der Waals surface area contributed by atoms with Crippen molar-refractivity contribution in [3.05, 3.63) is 56.6 Å². The second kappa shape index (κ2) is 22.5. The number of carbonyl (C=O) groups is 4. The number of carbonyl (C=O) groups excluding carboxylic acids is 4. The second-order valence-electron chi connectivity index (χ2n) is 16.9. The minimum absolute atomic E-state index is 0. The van der Waals surface area contributed by atoms with Gasteiger partial charge in [0, 0.05) is 37.1 Å². The summed E-state index contributed by atoms with van der Waals surface area (Å²) in [6.07, 6.45) is 23.4. The van der Waals surface area contributed by atoms with E-state index in [1.807, 2.05) is 11.7 Å². The Balaban J connectivity index is 0.000000468. The zero-order chi connectivity index (χ0) is 41.5. The highest BCUT2D eigenvalue weighted by Gasteiger charge is 2.28. The zero-order valence-electron chi connectivity index (χ0n) is 35.2. The van der Waals surface area contributed by atoms with E-state index in [-0.39, 0.29) is 17.6 Å². The van der Waals surface area contributed by atoms with Gasteiger partial charge in [0.1, 0.15) is 19.0 Å². The topological polar surface area (TPSA) is 157 Å². The third kappa shape index (κ3) is 12.6. The summed E-state index contributed by atoms with van der Waals surface area (Å²) >= 11 is 0. The highest BCUT2D eigenvalue weighted by atomic mass is 32.2. The van der Waals surface area contributed by atoms with Crippen LogP contribution < -0.4 is 20.7 Å². The fourth-order valence-corrected chi connectivity index (χ4v) is 10.9. The molecule has 1 atom stereocenters. The van der Waals surface area contributed by atoms with Crippen molar-refractivity contribution >= 4 is 46.5 Å². The van der Waals surface area contributed by atoms with Gasteiger partial charge in [-0.05, 0) is 186 Å². The highest BCUT2D eigenvalue weighted by Crippen LogP contribution is 2.40. The lowest BCUT2D eigenvalue weighted by Gasteiger charge is -2.28. The molecule has 4 amide bonds. The molecule has 0 spiro atoms. The van der Waals surface area contributed by atoms with Gasteiger partial charge in [-0.1, -0.05) is 31.9 Å². The molecule has 12 nitrogen and oxygen atoms in total. The Kier molecular flexibility index (Phi) is 17.6. The first kappa shape index (κ1) is 45.3. The molecule has 0 bridgehead atoms. The van der Waals surface area contributed by atoms with E-state index in [1.54, 1.807) is 7.05 Å². The van der Waals surface area contributed by atoms with Gasteiger partial charge in [-0.15, -0.1) is 0 Å². The Morgan fingerprint density at radius 3 is 1.50 bits per heavy atom. The number of fused-ring (bicyclic) bond motifs is 4. The number of hydrogen-bond acceptors (Lipinski definition) is 8. The van der Waals surface area contributed by atoms with Gasteiger partial charge in [-0.3, -0.25) is 4.90 Å². The molecule has 2 saturated heterocycles. The van der Waals surface area contributed by atoms with Crippen LogP contribution in [0.2, 0.25) is 0 Å². The van der Waals surface area contributed by atoms with Crippen LogP contribution in [0.3, 0.4) is 0 Å². The van der Waals surface area contributed by atoms with Crippen molar-refractivity contribution in [3.63, 3.8) is 0 Å². The van der Waals surface area contributed by atoms with Gasteiger partial charge < -0.3 is 30.4 Å². The monoisotopic (exact) mass is 829 g/mol. The number of nitrogens with zero attached hydrogens (tertiary/aromatic N) is 2. The molecule has 2 aromatic carbocycles. The summed E-state index contributed by atoms with van der Waals surface area (Å²) in [6, 6.07) is 3.94. The van der Waals surface area contributed by atoms with Crippen LogP contribution in [0.5, 0.6) is 0 Å². The summed E-state index contributed by atoms with van der Waals surface area (Å²) in [5.41, 5.74) is 12.7. The number of aldehydes is 1. The largest absolute Gasteiger partial charge is 0.341 e. The van der Waals surface area contributed by atoms with Crippen LogP contribution >= 0.6 is 0 Å². The summed E-state index contributed by atoms with van der Waals surface area (Å²) in [5, 5.41) is 8.58. The number of rotatable bonds is 10. The van der Waals surface area contributed by atoms with E-state index in [0.29, 0.717) is 5.92 Å². The number of benzene rings is 2. The number of nitrogens with one attached hydrogen (secondary N) is 4. The molecule has 328 valence electrons. The maximum absolute atomic E-state index is 12.4. The molecular formula is C45H76N6O6S. The van der Waals surface area contributed by atoms with Gasteiger partial charge in [0.2, 0.25) is 10.0 Å². The summed E-state index contributed by atoms with van der Waals surface area (Å²) in [6.45, 7) is 9.53. The van der Waals surface area contributed by atoms with Crippen LogP contribution in [0.15, 0.2) is 12.1 Å². The summed E-state index contributed by atoms with van der Waals surface area (Å²) < 4.78 is 26.9. The van der Waals surface area contributed by atoms with E-state index in [0.717, 1.165) is 114 Å². The van der Waals surface area contributed by atoms with Crippen LogP contribution in [0.4, 0.5) is 21.0 Å². The molecule has 1 unspecified atom stereocenters. The number of piperidine rings is 2. The summed E-state index contributed by atoms with van der Waals surface area (Å²) in [7, 11) is -2.00. The van der Waals surface area contributed by atoms with Gasteiger partial charge in [0.15, 0.2) is 0 Å². The number of hydrogen-bond donors (Lipinski definition) is 4. The number of likely N-dealkylation sites (tertiary alicyclic amines) is 2. The second-order valence-corrected chi connectivity index (χ2v) is 18.6. The van der Waals surface area contributed by atoms with E-state index in [1.165, 1.54) is 109 Å². The molecule has 4 N–H and O–H groups in total. The molecule has 0 aromatic heterocycles. The average molecular weight is 829 g/mol. The van der Waals surface area contributed by atoms with Crippen molar-refractivity contribution in [2.24, 2.45) is 5.92 Å². The fourth-order valence-electron chi connectivity index (χ4n) is 9.78. The number of amides is 4. The van der Waals surface area contributed by atoms with Crippen LogP contribution in [-0.4, -0.2) is 89.0 Å². The Hall–Kier alpha value is -3.81. The van der Waals surface area contributed by atoms with E-state index >= 15 is 0 Å². The number of sulfonamides is 1. The minimum atomic E-state index is -3.66. The molecule has 0 saturated carbocycles. The van der Waals surface area contributed by atoms with Crippen LogP contribution in [0.1, 0.15) is 134 Å². The summed E-state index contributed by atoms with van der Waals surface area (Å²) in [5.74, 6) is 0.578. The van der Waals surface area contributed by atoms with Crippen LogP contribution in [0.25, 0.3) is 0 Å². The zero-order valence-corrected chi connectivity index (χ0v) is 36.0. The van der Waals surface area contributed by atoms with Crippen molar-refractivity contribution in [1.82, 2.24) is 19.8 Å². The Labute approximate surface area is 353 Å². The molecule has 8 rings (SSSR count). The average Bonchev–Trinajstić information content (AvgIpc) is 4.07. The fraction of sp³-hybridized carbons (Fsp3) is 0.644. The van der Waals surface area contributed by atoms with Gasteiger partial charge in [-0.2, -0.15) is 0 Å². The third-order valence-corrected chi connectivity index (χ3v) is 13.7. The number of aryl methyl sites for hydroxylation is 4. The molecule has 2 fully saturated rings. The Morgan fingerprint density at radius 2 is 1.09 bits per heavy atom. The maximum Gasteiger partial charge on any atom is 0.332 e. The molecule has 2 aromatic rings. The first-order chi connectivity index (χ1) is 28.1. The molecule has 58 heavy (non-hydrogen) atoms. The highest BCUT2D eigenvalue weighted by molar-refractivity contribution is 7.90. The van der Waals surface area contributed by atoms with Gasteiger partial charge >= 0.3 is 12.1 Å². The van der Waals surface area contributed by atoms with E-state index in [4.69, 9.17) is 4.79 Å². The number of urea groups is 2. The van der Waals surface area contributed by atoms with Crippen molar-refractivity contribution in [3.8, 4) is 0 Å². The van der Waals surface area contributed by atoms with Crippen molar-refractivity contribution in [2.45, 2.75) is 135 Å². The van der Waals surface area contributed by atoms with Crippen molar-refractivity contribution < 1.29 is 33.3 Å². The standard InChI is InChI=1S/C19H27N3O3S.C14H18N2O.C11H21NO.CH2O.4H2/c23-19(21-26(24,25)13-22-10-2-1-3-11-22)20-18-16-8-4-6-14(16)12-15-7-5-9-17(15)18;1-15-14(17)16-13-11-6-2-4-9(11)8-10-5-3-7-12(10)13;1-11(6-5-9-13)10-12-7-3-2-4-8-12;1-2;;;;/h12H,1-11,13H2,(H2,20,21,23);8H,2-7H2,1H3,(H2,15,16,17);9,11H,2-8,10H2,1H3;1H2;4*1H. The first-order valence-corrected chi connectivity index (χ1v) is 23.6. The quantitative estimate of drug-likeness (QED) is 0.177.